The second kappa shape index (κ2) is 8.89. The zero-order valence-electron chi connectivity index (χ0n) is 15.1. The molecule has 0 saturated carbocycles. The molecule has 1 unspecified atom stereocenters. The third-order valence-electron chi connectivity index (χ3n) is 4.51. The van der Waals surface area contributed by atoms with Gasteiger partial charge in [-0.1, -0.05) is 23.2 Å². The highest BCUT2D eigenvalue weighted by atomic mass is 35.5. The summed E-state index contributed by atoms with van der Waals surface area (Å²) in [6.07, 6.45) is 1.25. The zero-order valence-corrected chi connectivity index (χ0v) is 17.5. The molecule has 3 rings (SSSR count). The van der Waals surface area contributed by atoms with Gasteiger partial charge in [0.15, 0.2) is 0 Å². The number of hydrogen-bond donors (Lipinski definition) is 1. The summed E-state index contributed by atoms with van der Waals surface area (Å²) in [7, 11) is -3.68. The molecule has 1 aliphatic rings. The van der Waals surface area contributed by atoms with Crippen LogP contribution < -0.4 is 10.3 Å². The van der Waals surface area contributed by atoms with Crippen molar-refractivity contribution in [3.05, 3.63) is 50.9 Å². The average Bonchev–Trinajstić information content (AvgIpc) is 2.71. The molecule has 8 nitrogen and oxygen atoms in total. The van der Waals surface area contributed by atoms with Crippen molar-refractivity contribution < 1.29 is 13.2 Å². The van der Waals surface area contributed by atoms with Crippen molar-refractivity contribution in [3.63, 3.8) is 0 Å². The first-order valence-corrected chi connectivity index (χ1v) is 10.9. The van der Waals surface area contributed by atoms with Crippen LogP contribution in [0.3, 0.4) is 0 Å². The van der Waals surface area contributed by atoms with E-state index in [1.54, 1.807) is 0 Å². The molecule has 1 aliphatic heterocycles. The van der Waals surface area contributed by atoms with Gasteiger partial charge in [-0.2, -0.15) is 9.78 Å². The van der Waals surface area contributed by atoms with Gasteiger partial charge in [-0.15, -0.1) is 0 Å². The molecule has 0 aliphatic carbocycles. The lowest BCUT2D eigenvalue weighted by atomic mass is 10.2. The van der Waals surface area contributed by atoms with Crippen molar-refractivity contribution in [3.8, 4) is 5.69 Å². The van der Waals surface area contributed by atoms with Crippen LogP contribution in [-0.4, -0.2) is 62.0 Å². The predicted molar refractivity (Wildman–Crippen MR) is 107 cm³/mol. The van der Waals surface area contributed by atoms with Gasteiger partial charge in [0.2, 0.25) is 10.0 Å². The lowest BCUT2D eigenvalue weighted by Gasteiger charge is -2.32. The number of aromatic nitrogens is 2. The first-order valence-electron chi connectivity index (χ1n) is 8.65. The van der Waals surface area contributed by atoms with E-state index in [1.807, 2.05) is 6.92 Å². The van der Waals surface area contributed by atoms with Crippen LogP contribution in [0.25, 0.3) is 5.69 Å². The fraction of sp³-hybridized carbons (Fsp3) is 0.412. The molecule has 28 heavy (non-hydrogen) atoms. The van der Waals surface area contributed by atoms with Crippen LogP contribution in [0, 0.1) is 0 Å². The minimum atomic E-state index is -3.68. The molecule has 2 aromatic rings. The Morgan fingerprint density at radius 2 is 1.86 bits per heavy atom. The number of nitrogens with one attached hydrogen (secondary N) is 1. The summed E-state index contributed by atoms with van der Waals surface area (Å²) in [5, 5.41) is 3.83. The van der Waals surface area contributed by atoms with E-state index in [2.05, 4.69) is 14.7 Å². The zero-order chi connectivity index (χ0) is 20.3. The average molecular weight is 447 g/mol. The summed E-state index contributed by atoms with van der Waals surface area (Å²) in [6.45, 7) is 5.13. The monoisotopic (exact) mass is 446 g/mol. The highest BCUT2D eigenvalue weighted by molar-refractivity contribution is 7.89. The Hall–Kier alpha value is -1.49. The van der Waals surface area contributed by atoms with Crippen molar-refractivity contribution in [2.75, 3.05) is 32.8 Å². The number of halogens is 2. The Kier molecular flexibility index (Phi) is 6.74. The second-order valence-corrected chi connectivity index (χ2v) is 8.92. The summed E-state index contributed by atoms with van der Waals surface area (Å²) in [5.74, 6) is 0. The Balaban J connectivity index is 1.71. The lowest BCUT2D eigenvalue weighted by molar-refractivity contribution is 0.0213. The van der Waals surface area contributed by atoms with E-state index in [4.69, 9.17) is 27.9 Å². The Bertz CT molecular complexity index is 989. The topological polar surface area (TPSA) is 93.5 Å². The summed E-state index contributed by atoms with van der Waals surface area (Å²) in [6, 6.07) is 5.84. The maximum atomic E-state index is 12.6. The highest BCUT2D eigenvalue weighted by Gasteiger charge is 2.20. The van der Waals surface area contributed by atoms with E-state index in [-0.39, 0.29) is 27.5 Å². The van der Waals surface area contributed by atoms with E-state index in [0.717, 1.165) is 17.8 Å². The number of rotatable bonds is 6. The molecule has 1 aromatic carbocycles. The Morgan fingerprint density at radius 1 is 1.21 bits per heavy atom. The quantitative estimate of drug-likeness (QED) is 0.722. The first kappa shape index (κ1) is 21.2. The van der Waals surface area contributed by atoms with Gasteiger partial charge in [0.1, 0.15) is 5.02 Å². The van der Waals surface area contributed by atoms with Crippen LogP contribution in [0.4, 0.5) is 0 Å². The molecule has 0 amide bonds. The number of benzene rings is 1. The SMILES string of the molecule is CC(CNS(=O)(=O)c1ccc(-n2ncc(Cl)c(Cl)c2=O)cc1)N1CCOCC1. The number of hydrogen-bond acceptors (Lipinski definition) is 6. The van der Waals surface area contributed by atoms with Crippen molar-refractivity contribution in [1.82, 2.24) is 19.4 Å². The first-order chi connectivity index (χ1) is 13.3. The van der Waals surface area contributed by atoms with Crippen LogP contribution in [0.15, 0.2) is 40.2 Å². The Labute approximate surface area is 173 Å². The third-order valence-corrected chi connectivity index (χ3v) is 6.69. The van der Waals surface area contributed by atoms with Crippen molar-refractivity contribution in [2.45, 2.75) is 17.9 Å². The molecule has 2 heterocycles. The molecule has 11 heteroatoms. The van der Waals surface area contributed by atoms with E-state index < -0.39 is 15.6 Å². The van der Waals surface area contributed by atoms with E-state index in [0.29, 0.717) is 18.9 Å². The van der Waals surface area contributed by atoms with Crippen molar-refractivity contribution in [2.24, 2.45) is 0 Å². The normalized spacial score (nSPS) is 16.8. The molecule has 1 fully saturated rings. The summed E-state index contributed by atoms with van der Waals surface area (Å²) >= 11 is 11.6. The molecule has 0 bridgehead atoms. The number of morpholine rings is 1. The third kappa shape index (κ3) is 4.73. The molecule has 1 saturated heterocycles. The van der Waals surface area contributed by atoms with Gasteiger partial charge in [0, 0.05) is 25.7 Å². The molecular formula is C17H20Cl2N4O4S. The van der Waals surface area contributed by atoms with E-state index in [9.17, 15) is 13.2 Å². The molecule has 1 aromatic heterocycles. The van der Waals surface area contributed by atoms with Gasteiger partial charge in [0.05, 0.1) is 35.0 Å². The van der Waals surface area contributed by atoms with Gasteiger partial charge in [0.25, 0.3) is 5.56 Å². The van der Waals surface area contributed by atoms with E-state index in [1.165, 1.54) is 30.5 Å². The number of ether oxygens (including phenoxy) is 1. The maximum Gasteiger partial charge on any atom is 0.291 e. The smallest absolute Gasteiger partial charge is 0.291 e. The lowest BCUT2D eigenvalue weighted by Crippen LogP contribution is -2.47. The largest absolute Gasteiger partial charge is 0.379 e. The van der Waals surface area contributed by atoms with Gasteiger partial charge >= 0.3 is 0 Å². The van der Waals surface area contributed by atoms with Crippen LogP contribution in [0.2, 0.25) is 10.0 Å². The highest BCUT2D eigenvalue weighted by Crippen LogP contribution is 2.17. The van der Waals surface area contributed by atoms with Gasteiger partial charge in [-0.25, -0.2) is 13.1 Å². The van der Waals surface area contributed by atoms with Crippen LogP contribution >= 0.6 is 23.2 Å². The minimum absolute atomic E-state index is 0.0527. The number of sulfonamides is 1. The summed E-state index contributed by atoms with van der Waals surface area (Å²) in [5.41, 5.74) is -0.202. The second-order valence-electron chi connectivity index (χ2n) is 6.37. The molecule has 0 spiro atoms. The number of nitrogens with zero attached hydrogens (tertiary/aromatic N) is 3. The standard InChI is InChI=1S/C17H20Cl2N4O4S/c1-12(22-6-8-27-9-7-22)10-21-28(25,26)14-4-2-13(3-5-14)23-17(24)16(19)15(18)11-20-23/h2-5,11-12,21H,6-10H2,1H3. The molecule has 0 radical (unpaired) electrons. The van der Waals surface area contributed by atoms with Crippen LogP contribution in [0.1, 0.15) is 6.92 Å². The van der Waals surface area contributed by atoms with Gasteiger partial charge in [-0.3, -0.25) is 9.69 Å². The van der Waals surface area contributed by atoms with Crippen LogP contribution in [0.5, 0.6) is 0 Å². The van der Waals surface area contributed by atoms with Gasteiger partial charge < -0.3 is 4.74 Å². The van der Waals surface area contributed by atoms with Crippen molar-refractivity contribution >= 4 is 33.2 Å². The fourth-order valence-electron chi connectivity index (χ4n) is 2.82. The molecule has 152 valence electrons. The Morgan fingerprint density at radius 3 is 2.50 bits per heavy atom. The predicted octanol–water partition coefficient (Wildman–Crippen LogP) is 1.54. The fourth-order valence-corrected chi connectivity index (χ4v) is 4.20. The van der Waals surface area contributed by atoms with E-state index >= 15 is 0 Å². The molecular weight excluding hydrogens is 427 g/mol. The molecule has 1 N–H and O–H groups in total. The molecule has 1 atom stereocenters. The van der Waals surface area contributed by atoms with Crippen molar-refractivity contribution in [1.29, 1.82) is 0 Å². The van der Waals surface area contributed by atoms with Crippen LogP contribution in [-0.2, 0) is 14.8 Å². The van der Waals surface area contributed by atoms with Gasteiger partial charge in [-0.05, 0) is 31.2 Å². The summed E-state index contributed by atoms with van der Waals surface area (Å²) < 4.78 is 34.1. The summed E-state index contributed by atoms with van der Waals surface area (Å²) in [4.78, 5) is 14.4. The minimum Gasteiger partial charge on any atom is -0.379 e. The maximum absolute atomic E-state index is 12.6.